The average molecular weight is 290 g/mol. The van der Waals surface area contributed by atoms with Gasteiger partial charge in [-0.3, -0.25) is 4.79 Å². The SMILES string of the molecule is CNC1CCN(C(=O)COc2c(C)cc(C)cc2C)CC1. The van der Waals surface area contributed by atoms with Gasteiger partial charge in [-0.15, -0.1) is 0 Å². The normalized spacial score (nSPS) is 16.1. The topological polar surface area (TPSA) is 41.6 Å². The minimum absolute atomic E-state index is 0.0870. The standard InChI is InChI=1S/C17H26N2O2/c1-12-9-13(2)17(14(3)10-12)21-11-16(20)19-7-5-15(18-4)6-8-19/h9-10,15,18H,5-8,11H2,1-4H3. The summed E-state index contributed by atoms with van der Waals surface area (Å²) in [5.41, 5.74) is 3.40. The van der Waals surface area contributed by atoms with Crippen molar-refractivity contribution in [3.05, 3.63) is 28.8 Å². The van der Waals surface area contributed by atoms with Gasteiger partial charge in [0.15, 0.2) is 6.61 Å². The number of nitrogens with zero attached hydrogens (tertiary/aromatic N) is 1. The van der Waals surface area contributed by atoms with E-state index in [-0.39, 0.29) is 12.5 Å². The molecule has 1 fully saturated rings. The largest absolute Gasteiger partial charge is 0.483 e. The van der Waals surface area contributed by atoms with Crippen LogP contribution in [0.4, 0.5) is 0 Å². The van der Waals surface area contributed by atoms with Crippen molar-refractivity contribution in [2.45, 2.75) is 39.7 Å². The predicted octanol–water partition coefficient (Wildman–Crippen LogP) is 2.20. The number of ether oxygens (including phenoxy) is 1. The van der Waals surface area contributed by atoms with E-state index in [1.807, 2.05) is 25.8 Å². The molecule has 116 valence electrons. The molecule has 21 heavy (non-hydrogen) atoms. The molecular formula is C17H26N2O2. The lowest BCUT2D eigenvalue weighted by molar-refractivity contribution is -0.134. The molecule has 1 aromatic carbocycles. The van der Waals surface area contributed by atoms with Gasteiger partial charge < -0.3 is 15.0 Å². The average Bonchev–Trinajstić information content (AvgIpc) is 2.46. The molecule has 0 unspecified atom stereocenters. The van der Waals surface area contributed by atoms with Gasteiger partial charge >= 0.3 is 0 Å². The number of carbonyl (C=O) groups excluding carboxylic acids is 1. The Morgan fingerprint density at radius 3 is 2.33 bits per heavy atom. The summed E-state index contributed by atoms with van der Waals surface area (Å²) in [6.45, 7) is 7.89. The van der Waals surface area contributed by atoms with Crippen LogP contribution in [0.3, 0.4) is 0 Å². The van der Waals surface area contributed by atoms with E-state index in [0.717, 1.165) is 42.8 Å². The number of likely N-dealkylation sites (tertiary alicyclic amines) is 1. The van der Waals surface area contributed by atoms with E-state index >= 15 is 0 Å². The molecule has 4 nitrogen and oxygen atoms in total. The highest BCUT2D eigenvalue weighted by molar-refractivity contribution is 5.78. The molecule has 1 aromatic rings. The van der Waals surface area contributed by atoms with Crippen LogP contribution in [0.25, 0.3) is 0 Å². The fourth-order valence-electron chi connectivity index (χ4n) is 3.04. The summed E-state index contributed by atoms with van der Waals surface area (Å²) in [6, 6.07) is 4.72. The van der Waals surface area contributed by atoms with E-state index in [9.17, 15) is 4.79 Å². The monoisotopic (exact) mass is 290 g/mol. The lowest BCUT2D eigenvalue weighted by Gasteiger charge is -2.31. The molecule has 1 aliphatic rings. The van der Waals surface area contributed by atoms with Crippen LogP contribution in [-0.2, 0) is 4.79 Å². The van der Waals surface area contributed by atoms with E-state index < -0.39 is 0 Å². The highest BCUT2D eigenvalue weighted by atomic mass is 16.5. The first-order valence-corrected chi connectivity index (χ1v) is 7.67. The van der Waals surface area contributed by atoms with Gasteiger partial charge in [0.1, 0.15) is 5.75 Å². The first-order valence-electron chi connectivity index (χ1n) is 7.67. The number of hydrogen-bond donors (Lipinski definition) is 1. The number of amides is 1. The Bertz CT molecular complexity index is 483. The van der Waals surface area contributed by atoms with Gasteiger partial charge in [-0.1, -0.05) is 17.7 Å². The molecule has 4 heteroatoms. The third kappa shape index (κ3) is 3.97. The van der Waals surface area contributed by atoms with Crippen LogP contribution in [0.5, 0.6) is 5.75 Å². The maximum Gasteiger partial charge on any atom is 0.260 e. The second kappa shape index (κ2) is 6.94. The zero-order chi connectivity index (χ0) is 15.4. The molecule has 2 rings (SSSR count). The van der Waals surface area contributed by atoms with E-state index in [4.69, 9.17) is 4.74 Å². The second-order valence-electron chi connectivity index (χ2n) is 5.96. The van der Waals surface area contributed by atoms with Crippen molar-refractivity contribution in [2.24, 2.45) is 0 Å². The van der Waals surface area contributed by atoms with Crippen molar-refractivity contribution in [3.8, 4) is 5.75 Å². The maximum absolute atomic E-state index is 12.2. The minimum atomic E-state index is 0.0870. The molecule has 1 N–H and O–H groups in total. The van der Waals surface area contributed by atoms with Crippen molar-refractivity contribution >= 4 is 5.91 Å². The van der Waals surface area contributed by atoms with Gasteiger partial charge in [0.2, 0.25) is 0 Å². The van der Waals surface area contributed by atoms with E-state index in [2.05, 4.69) is 24.4 Å². The summed E-state index contributed by atoms with van der Waals surface area (Å²) < 4.78 is 5.78. The van der Waals surface area contributed by atoms with E-state index in [0.29, 0.717) is 6.04 Å². The molecular weight excluding hydrogens is 264 g/mol. The van der Waals surface area contributed by atoms with E-state index in [1.54, 1.807) is 0 Å². The Morgan fingerprint density at radius 2 is 1.81 bits per heavy atom. The Balaban J connectivity index is 1.90. The maximum atomic E-state index is 12.2. The highest BCUT2D eigenvalue weighted by Gasteiger charge is 2.22. The van der Waals surface area contributed by atoms with Crippen molar-refractivity contribution in [2.75, 3.05) is 26.7 Å². The minimum Gasteiger partial charge on any atom is -0.483 e. The molecule has 1 saturated heterocycles. The molecule has 0 spiro atoms. The molecule has 0 radical (unpaired) electrons. The van der Waals surface area contributed by atoms with Gasteiger partial charge in [-0.2, -0.15) is 0 Å². The van der Waals surface area contributed by atoms with Gasteiger partial charge in [0, 0.05) is 19.1 Å². The van der Waals surface area contributed by atoms with Crippen LogP contribution < -0.4 is 10.1 Å². The van der Waals surface area contributed by atoms with Gasteiger partial charge in [0.05, 0.1) is 0 Å². The molecule has 0 saturated carbocycles. The third-order valence-corrected chi connectivity index (χ3v) is 4.20. The predicted molar refractivity (Wildman–Crippen MR) is 84.8 cm³/mol. The molecule has 1 amide bonds. The van der Waals surface area contributed by atoms with Crippen LogP contribution in [-0.4, -0.2) is 43.6 Å². The van der Waals surface area contributed by atoms with Gasteiger partial charge in [0.25, 0.3) is 5.91 Å². The van der Waals surface area contributed by atoms with Crippen molar-refractivity contribution in [1.29, 1.82) is 0 Å². The van der Waals surface area contributed by atoms with Gasteiger partial charge in [-0.25, -0.2) is 0 Å². The van der Waals surface area contributed by atoms with Crippen LogP contribution in [0, 0.1) is 20.8 Å². The first-order chi connectivity index (χ1) is 10.0. The van der Waals surface area contributed by atoms with Crippen molar-refractivity contribution in [3.63, 3.8) is 0 Å². The molecule has 1 heterocycles. The number of rotatable bonds is 4. The number of nitrogens with one attached hydrogen (secondary N) is 1. The number of piperidine rings is 1. The summed E-state index contributed by atoms with van der Waals surface area (Å²) in [4.78, 5) is 14.1. The molecule has 1 aliphatic heterocycles. The Labute approximate surface area is 127 Å². The number of aryl methyl sites for hydroxylation is 3. The molecule has 0 bridgehead atoms. The fraction of sp³-hybridized carbons (Fsp3) is 0.588. The first kappa shape index (κ1) is 15.8. The fourth-order valence-corrected chi connectivity index (χ4v) is 3.04. The summed E-state index contributed by atoms with van der Waals surface area (Å²) in [6.07, 6.45) is 2.04. The van der Waals surface area contributed by atoms with Gasteiger partial charge in [-0.05, 0) is 51.8 Å². The van der Waals surface area contributed by atoms with Crippen LogP contribution in [0.2, 0.25) is 0 Å². The van der Waals surface area contributed by atoms with Crippen molar-refractivity contribution in [1.82, 2.24) is 10.2 Å². The van der Waals surface area contributed by atoms with E-state index in [1.165, 1.54) is 5.56 Å². The zero-order valence-electron chi connectivity index (χ0n) is 13.5. The quantitative estimate of drug-likeness (QED) is 0.924. The smallest absolute Gasteiger partial charge is 0.260 e. The lowest BCUT2D eigenvalue weighted by atomic mass is 10.1. The summed E-state index contributed by atoms with van der Waals surface area (Å²) in [5, 5.41) is 3.27. The highest BCUT2D eigenvalue weighted by Crippen LogP contribution is 2.24. The van der Waals surface area contributed by atoms with Crippen molar-refractivity contribution < 1.29 is 9.53 Å². The zero-order valence-corrected chi connectivity index (χ0v) is 13.5. The Hall–Kier alpha value is -1.55. The van der Waals surface area contributed by atoms with Crippen LogP contribution in [0.15, 0.2) is 12.1 Å². The summed E-state index contributed by atoms with van der Waals surface area (Å²) in [7, 11) is 1.98. The molecule has 0 atom stereocenters. The lowest BCUT2D eigenvalue weighted by Crippen LogP contribution is -2.45. The number of benzene rings is 1. The number of hydrogen-bond acceptors (Lipinski definition) is 3. The summed E-state index contributed by atoms with van der Waals surface area (Å²) in [5.74, 6) is 0.933. The van der Waals surface area contributed by atoms with Crippen LogP contribution in [0.1, 0.15) is 29.5 Å². The third-order valence-electron chi connectivity index (χ3n) is 4.20. The molecule has 0 aromatic heterocycles. The molecule has 0 aliphatic carbocycles. The Morgan fingerprint density at radius 1 is 1.24 bits per heavy atom. The number of carbonyl (C=O) groups is 1. The Kier molecular flexibility index (Phi) is 5.23. The second-order valence-corrected chi connectivity index (χ2v) is 5.96. The summed E-state index contributed by atoms with van der Waals surface area (Å²) >= 11 is 0. The van der Waals surface area contributed by atoms with Crippen LogP contribution >= 0.6 is 0 Å².